The molecule has 0 amide bonds. The molecule has 3 rings (SSSR count). The minimum atomic E-state index is -2.23. The number of alkyl halides is 1. The molecular formula is C37H52BrFO5. The van der Waals surface area contributed by atoms with Crippen molar-refractivity contribution in [2.75, 3.05) is 6.61 Å². The highest BCUT2D eigenvalue weighted by Crippen LogP contribution is 2.43. The Kier molecular flexibility index (Phi) is 15.7. The second-order valence-electron chi connectivity index (χ2n) is 12.4. The van der Waals surface area contributed by atoms with E-state index >= 15 is 4.39 Å². The van der Waals surface area contributed by atoms with E-state index < -0.39 is 23.5 Å². The molecule has 7 heteroatoms. The third-order valence-corrected chi connectivity index (χ3v) is 9.75. The van der Waals surface area contributed by atoms with Gasteiger partial charge >= 0.3 is 11.9 Å². The van der Waals surface area contributed by atoms with Gasteiger partial charge in [-0.25, -0.2) is 14.0 Å². The first-order chi connectivity index (χ1) is 21.3. The van der Waals surface area contributed by atoms with Gasteiger partial charge in [-0.15, -0.1) is 0 Å². The van der Waals surface area contributed by atoms with Gasteiger partial charge in [-0.05, 0) is 89.8 Å². The van der Waals surface area contributed by atoms with E-state index in [9.17, 15) is 14.7 Å². The Morgan fingerprint density at radius 1 is 0.909 bits per heavy atom. The first kappa shape index (κ1) is 36.1. The Balaban J connectivity index is 1.46. The number of esters is 1. The molecule has 44 heavy (non-hydrogen) atoms. The van der Waals surface area contributed by atoms with E-state index in [2.05, 4.69) is 22.9 Å². The maximum absolute atomic E-state index is 15.9. The number of rotatable bonds is 20. The second kappa shape index (κ2) is 19.2. The Morgan fingerprint density at radius 3 is 2.09 bits per heavy atom. The quantitative estimate of drug-likeness (QED) is 0.0859. The van der Waals surface area contributed by atoms with Gasteiger partial charge in [0.05, 0.1) is 16.6 Å². The molecule has 5 nitrogen and oxygen atoms in total. The van der Waals surface area contributed by atoms with Crippen LogP contribution in [0.4, 0.5) is 4.39 Å². The lowest BCUT2D eigenvalue weighted by atomic mass is 9.72. The van der Waals surface area contributed by atoms with Crippen LogP contribution in [0.15, 0.2) is 46.9 Å². The lowest BCUT2D eigenvalue weighted by molar-refractivity contribution is -0.157. The van der Waals surface area contributed by atoms with Crippen LogP contribution in [-0.4, -0.2) is 29.3 Å². The van der Waals surface area contributed by atoms with Gasteiger partial charge in [0.25, 0.3) is 0 Å². The van der Waals surface area contributed by atoms with E-state index in [4.69, 9.17) is 9.47 Å². The molecule has 1 aliphatic carbocycles. The van der Waals surface area contributed by atoms with Crippen LogP contribution in [0.2, 0.25) is 0 Å². The predicted molar refractivity (Wildman–Crippen MR) is 179 cm³/mol. The molecular weight excluding hydrogens is 623 g/mol. The molecule has 2 aromatic rings. The molecule has 0 bridgehead atoms. The number of unbranched alkanes of at least 4 members (excludes halogenated alkanes) is 9. The van der Waals surface area contributed by atoms with E-state index in [0.717, 1.165) is 37.7 Å². The van der Waals surface area contributed by atoms with Gasteiger partial charge in [0.2, 0.25) is 5.67 Å². The van der Waals surface area contributed by atoms with Crippen LogP contribution < -0.4 is 9.47 Å². The third-order valence-electron chi connectivity index (χ3n) is 9.13. The van der Waals surface area contributed by atoms with Crippen molar-refractivity contribution in [2.45, 2.75) is 135 Å². The highest BCUT2D eigenvalue weighted by Gasteiger charge is 2.48. The van der Waals surface area contributed by atoms with Gasteiger partial charge in [-0.1, -0.05) is 103 Å². The zero-order valence-electron chi connectivity index (χ0n) is 26.8. The average molecular weight is 676 g/mol. The van der Waals surface area contributed by atoms with Crippen molar-refractivity contribution in [2.24, 2.45) is 5.92 Å². The monoisotopic (exact) mass is 674 g/mol. The molecule has 1 N–H and O–H groups in total. The molecule has 2 atom stereocenters. The normalized spacial score (nSPS) is 15.8. The topological polar surface area (TPSA) is 72.8 Å². The minimum Gasteiger partial charge on any atom is -0.492 e. The summed E-state index contributed by atoms with van der Waals surface area (Å²) in [7, 11) is 0. The number of hydrogen-bond donors (Lipinski definition) is 1. The summed E-state index contributed by atoms with van der Waals surface area (Å²) in [6, 6.07) is 12.2. The van der Waals surface area contributed by atoms with Crippen molar-refractivity contribution in [1.29, 1.82) is 0 Å². The van der Waals surface area contributed by atoms with Crippen molar-refractivity contribution in [1.82, 2.24) is 0 Å². The summed E-state index contributed by atoms with van der Waals surface area (Å²) in [5, 5.41) is 9.84. The van der Waals surface area contributed by atoms with Crippen LogP contribution in [0.3, 0.4) is 0 Å². The van der Waals surface area contributed by atoms with E-state index in [0.29, 0.717) is 47.4 Å². The maximum atomic E-state index is 15.9. The first-order valence-corrected chi connectivity index (χ1v) is 17.7. The SMILES string of the molecule is CCCCCCCCCCCCOc1ccc(C(=O)Oc2ccc(C(CC)C[C@@](F)(C(=O)O)C3CCCCC3)cc2)cc1Br. The van der Waals surface area contributed by atoms with Crippen LogP contribution >= 0.6 is 15.9 Å². The lowest BCUT2D eigenvalue weighted by Gasteiger charge is -2.35. The number of halogens is 2. The molecule has 1 fully saturated rings. The highest BCUT2D eigenvalue weighted by molar-refractivity contribution is 9.10. The van der Waals surface area contributed by atoms with Gasteiger partial charge in [-0.3, -0.25) is 0 Å². The number of aliphatic carboxylic acids is 1. The zero-order valence-corrected chi connectivity index (χ0v) is 28.3. The van der Waals surface area contributed by atoms with Crippen LogP contribution in [-0.2, 0) is 4.79 Å². The number of benzene rings is 2. The van der Waals surface area contributed by atoms with Crippen molar-refractivity contribution in [3.05, 3.63) is 58.1 Å². The summed E-state index contributed by atoms with van der Waals surface area (Å²) in [4.78, 5) is 24.9. The van der Waals surface area contributed by atoms with Crippen molar-refractivity contribution < 1.29 is 28.6 Å². The Bertz CT molecular complexity index is 1150. The summed E-state index contributed by atoms with van der Waals surface area (Å²) >= 11 is 3.52. The van der Waals surface area contributed by atoms with Crippen LogP contribution in [0.25, 0.3) is 0 Å². The lowest BCUT2D eigenvalue weighted by Crippen LogP contribution is -2.43. The van der Waals surface area contributed by atoms with E-state index in [-0.39, 0.29) is 12.3 Å². The molecule has 1 unspecified atom stereocenters. The fourth-order valence-corrected chi connectivity index (χ4v) is 6.83. The first-order valence-electron chi connectivity index (χ1n) is 16.9. The number of hydrogen-bond acceptors (Lipinski definition) is 4. The fourth-order valence-electron chi connectivity index (χ4n) is 6.34. The summed E-state index contributed by atoms with van der Waals surface area (Å²) in [5.41, 5.74) is -0.990. The van der Waals surface area contributed by atoms with Crippen molar-refractivity contribution in [3.8, 4) is 11.5 Å². The minimum absolute atomic E-state index is 0.0513. The van der Waals surface area contributed by atoms with Crippen molar-refractivity contribution in [3.63, 3.8) is 0 Å². The molecule has 2 aromatic carbocycles. The Labute approximate surface area is 272 Å². The molecule has 0 aliphatic heterocycles. The van der Waals surface area contributed by atoms with Crippen LogP contribution in [0.1, 0.15) is 145 Å². The molecule has 244 valence electrons. The summed E-state index contributed by atoms with van der Waals surface area (Å²) < 4.78 is 28.2. The van der Waals surface area contributed by atoms with E-state index in [1.807, 2.05) is 6.92 Å². The number of carboxylic acids is 1. The number of carbonyl (C=O) groups excluding carboxylic acids is 1. The summed E-state index contributed by atoms with van der Waals surface area (Å²) in [6.45, 7) is 4.84. The number of carbonyl (C=O) groups is 2. The standard InChI is InChI=1S/C37H52BrFO5/c1-3-5-6-7-8-9-10-11-12-16-25-43-34-24-21-30(26-33(34)38)35(40)44-32-22-19-29(20-23-32)28(4-2)27-37(39,36(41)42)31-17-14-13-15-18-31/h19-24,26,28,31H,3-18,25,27H2,1-2H3,(H,41,42)/t28?,37-/m0/s1. The van der Waals surface area contributed by atoms with Crippen molar-refractivity contribution >= 4 is 27.9 Å². The van der Waals surface area contributed by atoms with Gasteiger partial charge in [0.15, 0.2) is 0 Å². The fraction of sp³-hybridized carbons (Fsp3) is 0.622. The zero-order chi connectivity index (χ0) is 31.8. The number of ether oxygens (including phenoxy) is 2. The molecule has 0 radical (unpaired) electrons. The summed E-state index contributed by atoms with van der Waals surface area (Å²) in [5.74, 6) is -1.45. The van der Waals surface area contributed by atoms with E-state index in [1.54, 1.807) is 42.5 Å². The molecule has 0 saturated heterocycles. The third kappa shape index (κ3) is 11.2. The second-order valence-corrected chi connectivity index (χ2v) is 13.3. The average Bonchev–Trinajstić information content (AvgIpc) is 3.03. The van der Waals surface area contributed by atoms with Gasteiger partial charge in [-0.2, -0.15) is 0 Å². The summed E-state index contributed by atoms with van der Waals surface area (Å²) in [6.07, 6.45) is 17.3. The van der Waals surface area contributed by atoms with E-state index in [1.165, 1.54) is 51.4 Å². The smallest absolute Gasteiger partial charge is 0.343 e. The predicted octanol–water partition coefficient (Wildman–Crippen LogP) is 11.2. The van der Waals surface area contributed by atoms with Crippen LogP contribution in [0.5, 0.6) is 11.5 Å². The highest BCUT2D eigenvalue weighted by atomic mass is 79.9. The maximum Gasteiger partial charge on any atom is 0.343 e. The van der Waals surface area contributed by atoms with Crippen LogP contribution in [0, 0.1) is 5.92 Å². The molecule has 0 aromatic heterocycles. The largest absolute Gasteiger partial charge is 0.492 e. The molecule has 1 saturated carbocycles. The van der Waals surface area contributed by atoms with Gasteiger partial charge in [0.1, 0.15) is 11.5 Å². The Morgan fingerprint density at radius 2 is 1.52 bits per heavy atom. The van der Waals surface area contributed by atoms with Gasteiger partial charge in [0, 0.05) is 5.92 Å². The van der Waals surface area contributed by atoms with Gasteiger partial charge < -0.3 is 14.6 Å². The molecule has 1 aliphatic rings. The Hall–Kier alpha value is -2.41. The number of carboxylic acid groups (broad SMARTS) is 1. The molecule has 0 heterocycles. The molecule has 0 spiro atoms.